The Bertz CT molecular complexity index is 674. The minimum atomic E-state index is 0.421. The summed E-state index contributed by atoms with van der Waals surface area (Å²) in [6.07, 6.45) is 0.831. The fourth-order valence-electron chi connectivity index (χ4n) is 3.12. The number of morpholine rings is 1. The van der Waals surface area contributed by atoms with Crippen LogP contribution in [0.4, 0.5) is 0 Å². The van der Waals surface area contributed by atoms with Gasteiger partial charge < -0.3 is 20.4 Å². The highest BCUT2D eigenvalue weighted by molar-refractivity contribution is 5.79. The first-order valence-corrected chi connectivity index (χ1v) is 9.54. The molecule has 1 atom stereocenters. The molecular weight excluding hydrogens is 328 g/mol. The highest BCUT2D eigenvalue weighted by Crippen LogP contribution is 2.10. The molecule has 3 rings (SSSR count). The van der Waals surface area contributed by atoms with E-state index in [0.717, 1.165) is 75.2 Å². The van der Waals surface area contributed by atoms with E-state index in [9.17, 15) is 0 Å². The summed E-state index contributed by atoms with van der Waals surface area (Å²) >= 11 is 0. The highest BCUT2D eigenvalue weighted by Gasteiger charge is 2.16. The van der Waals surface area contributed by atoms with Gasteiger partial charge in [0.1, 0.15) is 5.82 Å². The summed E-state index contributed by atoms with van der Waals surface area (Å²) in [6, 6.07) is 8.54. The summed E-state index contributed by atoms with van der Waals surface area (Å²) in [5.41, 5.74) is 2.10. The van der Waals surface area contributed by atoms with Gasteiger partial charge in [0, 0.05) is 38.6 Å². The Balaban J connectivity index is 1.49. The second-order valence-electron chi connectivity index (χ2n) is 6.59. The second-order valence-corrected chi connectivity index (χ2v) is 6.59. The minimum absolute atomic E-state index is 0.421. The van der Waals surface area contributed by atoms with Crippen molar-refractivity contribution >= 4 is 17.0 Å². The summed E-state index contributed by atoms with van der Waals surface area (Å²) in [5, 5.41) is 6.73. The van der Waals surface area contributed by atoms with Crippen molar-refractivity contribution in [3.63, 3.8) is 0 Å². The zero-order valence-electron chi connectivity index (χ0n) is 15.8. The van der Waals surface area contributed by atoms with Crippen LogP contribution in [0.25, 0.3) is 11.0 Å². The van der Waals surface area contributed by atoms with Gasteiger partial charge in [-0.25, -0.2) is 4.98 Å². The molecule has 0 aliphatic carbocycles. The number of nitrogens with one attached hydrogen (secondary N) is 3. The molecule has 0 spiro atoms. The van der Waals surface area contributed by atoms with Crippen molar-refractivity contribution < 1.29 is 4.74 Å². The van der Waals surface area contributed by atoms with Gasteiger partial charge in [-0.05, 0) is 26.0 Å². The first kappa shape index (κ1) is 18.7. The number of aliphatic imine (C=N–C) groups is 1. The standard InChI is InChI=1S/C19H30N6O/c1-3-20-19(22-14-15(2)25-10-12-26-13-11-25)21-9-8-18-23-16-6-4-5-7-17(16)24-18/h4-7,15H,3,8-14H2,1-2H3,(H,23,24)(H2,20,21,22). The second kappa shape index (κ2) is 9.54. The van der Waals surface area contributed by atoms with E-state index >= 15 is 0 Å². The van der Waals surface area contributed by atoms with Crippen molar-refractivity contribution in [3.05, 3.63) is 30.1 Å². The van der Waals surface area contributed by atoms with Crippen molar-refractivity contribution in [2.24, 2.45) is 4.99 Å². The lowest BCUT2D eigenvalue weighted by molar-refractivity contribution is 0.0220. The van der Waals surface area contributed by atoms with E-state index in [0.29, 0.717) is 6.04 Å². The number of guanidine groups is 1. The van der Waals surface area contributed by atoms with Crippen LogP contribution in [0.1, 0.15) is 19.7 Å². The van der Waals surface area contributed by atoms with Crippen LogP contribution < -0.4 is 10.6 Å². The number of hydrogen-bond acceptors (Lipinski definition) is 4. The minimum Gasteiger partial charge on any atom is -0.379 e. The molecule has 3 N–H and O–H groups in total. The van der Waals surface area contributed by atoms with Gasteiger partial charge in [-0.1, -0.05) is 12.1 Å². The number of nitrogens with zero attached hydrogens (tertiary/aromatic N) is 3. The molecule has 1 aliphatic heterocycles. The number of rotatable bonds is 7. The number of aromatic nitrogens is 2. The van der Waals surface area contributed by atoms with Crippen molar-refractivity contribution in [2.45, 2.75) is 26.3 Å². The predicted molar refractivity (Wildman–Crippen MR) is 106 cm³/mol. The first-order chi connectivity index (χ1) is 12.8. The van der Waals surface area contributed by atoms with Crippen LogP contribution in [0, 0.1) is 0 Å². The number of ether oxygens (including phenoxy) is 1. The third-order valence-corrected chi connectivity index (χ3v) is 4.62. The lowest BCUT2D eigenvalue weighted by Gasteiger charge is -2.31. The molecule has 1 aromatic carbocycles. The number of aromatic amines is 1. The van der Waals surface area contributed by atoms with Crippen LogP contribution in [0.3, 0.4) is 0 Å². The molecule has 1 aliphatic rings. The van der Waals surface area contributed by atoms with Gasteiger partial charge in [0.2, 0.25) is 0 Å². The molecule has 0 saturated carbocycles. The van der Waals surface area contributed by atoms with E-state index < -0.39 is 0 Å². The molecule has 1 saturated heterocycles. The van der Waals surface area contributed by atoms with Gasteiger partial charge in [-0.15, -0.1) is 0 Å². The molecule has 0 amide bonds. The van der Waals surface area contributed by atoms with Gasteiger partial charge in [0.15, 0.2) is 5.96 Å². The molecule has 0 bridgehead atoms. The van der Waals surface area contributed by atoms with Gasteiger partial charge in [-0.3, -0.25) is 9.89 Å². The SMILES string of the molecule is CCNC(=NCC(C)N1CCOCC1)NCCc1nc2ccccc2[nH]1. The van der Waals surface area contributed by atoms with Crippen LogP contribution in [0.15, 0.2) is 29.3 Å². The van der Waals surface area contributed by atoms with Gasteiger partial charge >= 0.3 is 0 Å². The van der Waals surface area contributed by atoms with Crippen molar-refractivity contribution in [3.8, 4) is 0 Å². The monoisotopic (exact) mass is 358 g/mol. The molecule has 142 valence electrons. The summed E-state index contributed by atoms with van der Waals surface area (Å²) in [6.45, 7) is 10.4. The lowest BCUT2D eigenvalue weighted by Crippen LogP contribution is -2.44. The van der Waals surface area contributed by atoms with Crippen molar-refractivity contribution in [1.29, 1.82) is 0 Å². The Morgan fingerprint density at radius 3 is 2.88 bits per heavy atom. The average molecular weight is 358 g/mol. The van der Waals surface area contributed by atoms with E-state index in [4.69, 9.17) is 9.73 Å². The van der Waals surface area contributed by atoms with E-state index in [1.807, 2.05) is 18.2 Å². The van der Waals surface area contributed by atoms with Crippen LogP contribution in [0.2, 0.25) is 0 Å². The molecule has 1 fully saturated rings. The Labute approximate surface area is 155 Å². The Morgan fingerprint density at radius 1 is 1.31 bits per heavy atom. The molecule has 0 radical (unpaired) electrons. The quantitative estimate of drug-likeness (QED) is 0.515. The average Bonchev–Trinajstić information content (AvgIpc) is 3.09. The molecule has 26 heavy (non-hydrogen) atoms. The van der Waals surface area contributed by atoms with Crippen LogP contribution >= 0.6 is 0 Å². The fourth-order valence-corrected chi connectivity index (χ4v) is 3.12. The van der Waals surface area contributed by atoms with Gasteiger partial charge in [0.05, 0.1) is 30.8 Å². The number of fused-ring (bicyclic) bond motifs is 1. The van der Waals surface area contributed by atoms with Crippen molar-refractivity contribution in [2.75, 3.05) is 45.9 Å². The Kier molecular flexibility index (Phi) is 6.85. The molecule has 7 nitrogen and oxygen atoms in total. The maximum Gasteiger partial charge on any atom is 0.191 e. The third-order valence-electron chi connectivity index (χ3n) is 4.62. The predicted octanol–water partition coefficient (Wildman–Crippen LogP) is 1.38. The van der Waals surface area contributed by atoms with E-state index in [1.54, 1.807) is 0 Å². The zero-order valence-corrected chi connectivity index (χ0v) is 15.8. The Morgan fingerprint density at radius 2 is 2.12 bits per heavy atom. The van der Waals surface area contributed by atoms with Gasteiger partial charge in [0.25, 0.3) is 0 Å². The summed E-state index contributed by atoms with van der Waals surface area (Å²) in [4.78, 5) is 15.2. The maximum atomic E-state index is 5.42. The number of para-hydroxylation sites is 2. The van der Waals surface area contributed by atoms with Gasteiger partial charge in [-0.2, -0.15) is 0 Å². The number of benzene rings is 1. The van der Waals surface area contributed by atoms with E-state index in [2.05, 4.69) is 45.4 Å². The van der Waals surface area contributed by atoms with Crippen LogP contribution in [0.5, 0.6) is 0 Å². The lowest BCUT2D eigenvalue weighted by atomic mass is 10.2. The summed E-state index contributed by atoms with van der Waals surface area (Å²) < 4.78 is 5.42. The third kappa shape index (κ3) is 5.19. The first-order valence-electron chi connectivity index (χ1n) is 9.54. The van der Waals surface area contributed by atoms with Crippen molar-refractivity contribution in [1.82, 2.24) is 25.5 Å². The normalized spacial score (nSPS) is 17.4. The smallest absolute Gasteiger partial charge is 0.191 e. The highest BCUT2D eigenvalue weighted by atomic mass is 16.5. The summed E-state index contributed by atoms with van der Waals surface area (Å²) in [5.74, 6) is 1.86. The number of imidazole rings is 1. The van der Waals surface area contributed by atoms with Crippen LogP contribution in [-0.2, 0) is 11.2 Å². The molecule has 2 heterocycles. The maximum absolute atomic E-state index is 5.42. The number of H-pyrrole nitrogens is 1. The van der Waals surface area contributed by atoms with E-state index in [-0.39, 0.29) is 0 Å². The fraction of sp³-hybridized carbons (Fsp3) is 0.579. The topological polar surface area (TPSA) is 77.6 Å². The van der Waals surface area contributed by atoms with Crippen LogP contribution in [-0.4, -0.2) is 72.8 Å². The Hall–Kier alpha value is -2.12. The molecule has 1 unspecified atom stereocenters. The summed E-state index contributed by atoms with van der Waals surface area (Å²) in [7, 11) is 0. The molecular formula is C19H30N6O. The molecule has 2 aromatic rings. The molecule has 1 aromatic heterocycles. The van der Waals surface area contributed by atoms with E-state index in [1.165, 1.54) is 0 Å². The largest absolute Gasteiger partial charge is 0.379 e. The molecule has 7 heteroatoms. The zero-order chi connectivity index (χ0) is 18.2. The number of hydrogen-bond donors (Lipinski definition) is 3.